The monoisotopic (exact) mass is 169 g/mol. The molecule has 0 amide bonds. The lowest BCUT2D eigenvalue weighted by atomic mass is 10.2. The first-order valence-corrected chi connectivity index (χ1v) is 4.49. The molecule has 0 aromatic carbocycles. The maximum atomic E-state index is 4.06. The highest BCUT2D eigenvalue weighted by Crippen LogP contribution is 2.46. The Labute approximate surface area is 70.0 Å². The Morgan fingerprint density at radius 1 is 1.73 bits per heavy atom. The van der Waals surface area contributed by atoms with E-state index in [4.69, 9.17) is 0 Å². The van der Waals surface area contributed by atoms with Crippen molar-refractivity contribution in [3.8, 4) is 0 Å². The van der Waals surface area contributed by atoms with Crippen LogP contribution in [0, 0.1) is 5.41 Å². The predicted octanol–water partition coefficient (Wildman–Crippen LogP) is 1.75. The lowest BCUT2D eigenvalue weighted by Gasteiger charge is -2.02. The van der Waals surface area contributed by atoms with Crippen molar-refractivity contribution in [3.63, 3.8) is 0 Å². The SMILES string of the molecule is CC1(C)CC1Nc1ncns1. The van der Waals surface area contributed by atoms with Crippen LogP contribution in [0.1, 0.15) is 20.3 Å². The first-order valence-electron chi connectivity index (χ1n) is 3.72. The Morgan fingerprint density at radius 2 is 2.45 bits per heavy atom. The van der Waals surface area contributed by atoms with Gasteiger partial charge in [-0.1, -0.05) is 13.8 Å². The van der Waals surface area contributed by atoms with Gasteiger partial charge in [0.2, 0.25) is 5.13 Å². The highest BCUT2D eigenvalue weighted by molar-refractivity contribution is 7.09. The molecule has 0 aliphatic heterocycles. The van der Waals surface area contributed by atoms with Crippen LogP contribution in [0.2, 0.25) is 0 Å². The van der Waals surface area contributed by atoms with E-state index in [1.807, 2.05) is 0 Å². The molecule has 60 valence electrons. The third kappa shape index (κ3) is 1.35. The van der Waals surface area contributed by atoms with Crippen LogP contribution in [0.25, 0.3) is 0 Å². The molecular formula is C7H11N3S. The van der Waals surface area contributed by atoms with Crippen molar-refractivity contribution in [1.82, 2.24) is 9.36 Å². The number of hydrogen-bond acceptors (Lipinski definition) is 4. The summed E-state index contributed by atoms with van der Waals surface area (Å²) in [6, 6.07) is 0.607. The van der Waals surface area contributed by atoms with Crippen molar-refractivity contribution >= 4 is 16.7 Å². The molecule has 1 aliphatic carbocycles. The molecule has 0 spiro atoms. The Morgan fingerprint density at radius 3 is 2.91 bits per heavy atom. The second-order valence-corrected chi connectivity index (χ2v) is 4.42. The minimum absolute atomic E-state index is 0.464. The van der Waals surface area contributed by atoms with Gasteiger partial charge in [-0.2, -0.15) is 4.37 Å². The predicted molar refractivity (Wildman–Crippen MR) is 45.7 cm³/mol. The summed E-state index contributed by atoms with van der Waals surface area (Å²) < 4.78 is 3.92. The molecule has 1 N–H and O–H groups in total. The maximum Gasteiger partial charge on any atom is 0.202 e. The molecule has 2 rings (SSSR count). The topological polar surface area (TPSA) is 37.8 Å². The molecule has 1 unspecified atom stereocenters. The molecule has 1 heterocycles. The molecule has 4 heteroatoms. The molecule has 0 radical (unpaired) electrons. The van der Waals surface area contributed by atoms with Crippen LogP contribution in [0.4, 0.5) is 5.13 Å². The van der Waals surface area contributed by atoms with E-state index in [9.17, 15) is 0 Å². The van der Waals surface area contributed by atoms with E-state index in [0.717, 1.165) is 5.13 Å². The van der Waals surface area contributed by atoms with Crippen LogP contribution in [-0.2, 0) is 0 Å². The van der Waals surface area contributed by atoms with Gasteiger partial charge in [0.1, 0.15) is 6.33 Å². The number of hydrogen-bond donors (Lipinski definition) is 1. The van der Waals surface area contributed by atoms with E-state index in [1.165, 1.54) is 18.0 Å². The average Bonchev–Trinajstić information content (AvgIpc) is 2.42. The number of nitrogens with zero attached hydrogens (tertiary/aromatic N) is 2. The van der Waals surface area contributed by atoms with E-state index in [1.54, 1.807) is 6.33 Å². The molecule has 1 fully saturated rings. The van der Waals surface area contributed by atoms with Gasteiger partial charge in [0.25, 0.3) is 0 Å². The fraction of sp³-hybridized carbons (Fsp3) is 0.714. The van der Waals surface area contributed by atoms with Crippen LogP contribution in [0.5, 0.6) is 0 Å². The molecule has 1 aromatic rings. The van der Waals surface area contributed by atoms with Gasteiger partial charge in [-0.25, -0.2) is 4.98 Å². The summed E-state index contributed by atoms with van der Waals surface area (Å²) in [6.07, 6.45) is 2.83. The van der Waals surface area contributed by atoms with Gasteiger partial charge in [0.15, 0.2) is 0 Å². The van der Waals surface area contributed by atoms with Crippen molar-refractivity contribution in [2.24, 2.45) is 5.41 Å². The zero-order valence-electron chi connectivity index (χ0n) is 6.66. The van der Waals surface area contributed by atoms with Gasteiger partial charge < -0.3 is 5.32 Å². The van der Waals surface area contributed by atoms with Crippen molar-refractivity contribution < 1.29 is 0 Å². The van der Waals surface area contributed by atoms with E-state index in [-0.39, 0.29) is 0 Å². The van der Waals surface area contributed by atoms with E-state index in [0.29, 0.717) is 11.5 Å². The summed E-state index contributed by atoms with van der Waals surface area (Å²) in [5.41, 5.74) is 0.464. The van der Waals surface area contributed by atoms with Crippen LogP contribution in [-0.4, -0.2) is 15.4 Å². The number of anilines is 1. The second kappa shape index (κ2) is 2.17. The van der Waals surface area contributed by atoms with Crippen molar-refractivity contribution in [2.75, 3.05) is 5.32 Å². The number of rotatable bonds is 2. The number of aromatic nitrogens is 2. The van der Waals surface area contributed by atoms with Crippen molar-refractivity contribution in [3.05, 3.63) is 6.33 Å². The molecule has 1 atom stereocenters. The van der Waals surface area contributed by atoms with E-state index >= 15 is 0 Å². The molecule has 1 aromatic heterocycles. The number of nitrogens with one attached hydrogen (secondary N) is 1. The van der Waals surface area contributed by atoms with Gasteiger partial charge in [-0.3, -0.25) is 0 Å². The molecule has 3 nitrogen and oxygen atoms in total. The van der Waals surface area contributed by atoms with Crippen LogP contribution < -0.4 is 5.32 Å². The zero-order valence-corrected chi connectivity index (χ0v) is 7.48. The summed E-state index contributed by atoms with van der Waals surface area (Å²) in [4.78, 5) is 4.06. The minimum Gasteiger partial charge on any atom is -0.357 e. The van der Waals surface area contributed by atoms with Gasteiger partial charge >= 0.3 is 0 Å². The summed E-state index contributed by atoms with van der Waals surface area (Å²) in [5.74, 6) is 0. The molecule has 0 bridgehead atoms. The highest BCUT2D eigenvalue weighted by atomic mass is 32.1. The minimum atomic E-state index is 0.464. The molecule has 1 saturated carbocycles. The first kappa shape index (κ1) is 7.03. The Hall–Kier alpha value is -0.640. The summed E-state index contributed by atoms with van der Waals surface area (Å²) in [6.45, 7) is 4.51. The molecular weight excluding hydrogens is 158 g/mol. The van der Waals surface area contributed by atoms with Gasteiger partial charge in [-0.15, -0.1) is 0 Å². The molecule has 11 heavy (non-hydrogen) atoms. The largest absolute Gasteiger partial charge is 0.357 e. The van der Waals surface area contributed by atoms with E-state index < -0.39 is 0 Å². The average molecular weight is 169 g/mol. The summed E-state index contributed by atoms with van der Waals surface area (Å²) in [5, 5.41) is 4.28. The standard InChI is InChI=1S/C7H11N3S/c1-7(2)3-5(7)10-6-8-4-9-11-6/h4-5H,3H2,1-2H3,(H,8,9,10). The Balaban J connectivity index is 1.95. The van der Waals surface area contributed by atoms with Gasteiger partial charge in [0.05, 0.1) is 0 Å². The quantitative estimate of drug-likeness (QED) is 0.733. The third-order valence-corrected chi connectivity index (χ3v) is 2.77. The summed E-state index contributed by atoms with van der Waals surface area (Å²) in [7, 11) is 0. The molecule has 1 aliphatic rings. The van der Waals surface area contributed by atoms with Gasteiger partial charge in [0, 0.05) is 17.6 Å². The van der Waals surface area contributed by atoms with Crippen molar-refractivity contribution in [1.29, 1.82) is 0 Å². The lowest BCUT2D eigenvalue weighted by Crippen LogP contribution is -2.07. The molecule has 0 saturated heterocycles. The first-order chi connectivity index (χ1) is 5.18. The highest BCUT2D eigenvalue weighted by Gasteiger charge is 2.45. The lowest BCUT2D eigenvalue weighted by molar-refractivity contribution is 0.630. The fourth-order valence-electron chi connectivity index (χ4n) is 1.10. The van der Waals surface area contributed by atoms with Crippen LogP contribution in [0.3, 0.4) is 0 Å². The van der Waals surface area contributed by atoms with Gasteiger partial charge in [-0.05, 0) is 11.8 Å². The van der Waals surface area contributed by atoms with Crippen molar-refractivity contribution in [2.45, 2.75) is 26.3 Å². The van der Waals surface area contributed by atoms with E-state index in [2.05, 4.69) is 28.5 Å². The van der Waals surface area contributed by atoms with Crippen LogP contribution in [0.15, 0.2) is 6.33 Å². The smallest absolute Gasteiger partial charge is 0.202 e. The maximum absolute atomic E-state index is 4.06. The Kier molecular flexibility index (Phi) is 1.39. The normalized spacial score (nSPS) is 26.5. The fourth-order valence-corrected chi connectivity index (χ4v) is 1.58. The van der Waals surface area contributed by atoms with Crippen LogP contribution >= 0.6 is 11.5 Å². The zero-order chi connectivity index (χ0) is 7.90. The summed E-state index contributed by atoms with van der Waals surface area (Å²) >= 11 is 1.42. The second-order valence-electron chi connectivity index (χ2n) is 3.64. The third-order valence-electron chi connectivity index (χ3n) is 2.17. The Bertz CT molecular complexity index is 242.